The molecule has 1 N–H and O–H groups in total. The molecule has 5 rings (SSSR count). The summed E-state index contributed by atoms with van der Waals surface area (Å²) >= 11 is 0. The molecule has 1 saturated heterocycles. The van der Waals surface area contributed by atoms with Crippen molar-refractivity contribution >= 4 is 22.8 Å². The van der Waals surface area contributed by atoms with Gasteiger partial charge in [-0.05, 0) is 42.5 Å². The minimum atomic E-state index is 0.137. The molecule has 148 valence electrons. The highest BCUT2D eigenvalue weighted by atomic mass is 16.2. The van der Waals surface area contributed by atoms with Gasteiger partial charge in [-0.1, -0.05) is 24.6 Å². The topological polar surface area (TPSA) is 71.0 Å². The molecule has 2 aliphatic rings. The number of benzene rings is 1. The number of rotatable bonds is 5. The minimum absolute atomic E-state index is 0.137. The second kappa shape index (κ2) is 7.43. The van der Waals surface area contributed by atoms with Crippen LogP contribution in [0.3, 0.4) is 0 Å². The van der Waals surface area contributed by atoms with Crippen LogP contribution in [-0.2, 0) is 11.2 Å². The molecule has 1 saturated carbocycles. The fraction of sp³-hybridized carbons (Fsp3) is 0.391. The van der Waals surface area contributed by atoms with E-state index in [1.807, 2.05) is 42.6 Å². The number of hydrogen-bond acceptors (Lipinski definition) is 5. The predicted molar refractivity (Wildman–Crippen MR) is 112 cm³/mol. The molecule has 6 heteroatoms. The molecular formula is C23H25N5O. The van der Waals surface area contributed by atoms with E-state index in [1.54, 1.807) is 12.4 Å². The second-order valence-electron chi connectivity index (χ2n) is 8.36. The number of nitrogens with zero attached hydrogens (tertiary/aromatic N) is 4. The van der Waals surface area contributed by atoms with Gasteiger partial charge in [0.05, 0.1) is 23.7 Å². The molecule has 2 atom stereocenters. The maximum Gasteiger partial charge on any atom is 0.227 e. The smallest absolute Gasteiger partial charge is 0.227 e. The Balaban J connectivity index is 1.27. The zero-order valence-electron chi connectivity index (χ0n) is 16.4. The second-order valence-corrected chi connectivity index (χ2v) is 8.36. The van der Waals surface area contributed by atoms with Crippen LogP contribution in [0.1, 0.15) is 24.8 Å². The van der Waals surface area contributed by atoms with Gasteiger partial charge in [-0.25, -0.2) is 4.98 Å². The Bertz CT molecular complexity index is 1020. The van der Waals surface area contributed by atoms with Crippen LogP contribution in [0.15, 0.2) is 55.0 Å². The van der Waals surface area contributed by atoms with Gasteiger partial charge >= 0.3 is 0 Å². The summed E-state index contributed by atoms with van der Waals surface area (Å²) in [5.41, 5.74) is 2.92. The van der Waals surface area contributed by atoms with Gasteiger partial charge in [0.1, 0.15) is 5.82 Å². The molecule has 2 fully saturated rings. The molecule has 1 aliphatic heterocycles. The third kappa shape index (κ3) is 3.55. The van der Waals surface area contributed by atoms with E-state index >= 15 is 0 Å². The number of likely N-dealkylation sites (tertiary alicyclic amines) is 1. The van der Waals surface area contributed by atoms with Crippen molar-refractivity contribution in [3.05, 3.63) is 60.6 Å². The lowest BCUT2D eigenvalue weighted by molar-refractivity contribution is -0.129. The summed E-state index contributed by atoms with van der Waals surface area (Å²) in [4.78, 5) is 28.3. The summed E-state index contributed by atoms with van der Waals surface area (Å²) in [5, 5.41) is 3.53. The summed E-state index contributed by atoms with van der Waals surface area (Å²) < 4.78 is 0. The Labute approximate surface area is 170 Å². The molecule has 0 bridgehead atoms. The van der Waals surface area contributed by atoms with Crippen LogP contribution in [0.4, 0.5) is 5.82 Å². The Morgan fingerprint density at radius 2 is 2.07 bits per heavy atom. The number of hydrogen-bond donors (Lipinski definition) is 1. The van der Waals surface area contributed by atoms with E-state index in [9.17, 15) is 4.79 Å². The lowest BCUT2D eigenvalue weighted by Gasteiger charge is -2.29. The highest BCUT2D eigenvalue weighted by molar-refractivity contribution is 5.79. The Hall–Kier alpha value is -3.02. The number of para-hydroxylation sites is 2. The SMILES string of the molecule is O=C(Cc1cccnc1)N1C[C@@H]2CCC[C@]2(CNc2cnc3ccccc3n2)C1. The van der Waals surface area contributed by atoms with Gasteiger partial charge in [0.2, 0.25) is 5.91 Å². The highest BCUT2D eigenvalue weighted by Crippen LogP contribution is 2.48. The van der Waals surface area contributed by atoms with Crippen LogP contribution < -0.4 is 5.32 Å². The lowest BCUT2D eigenvalue weighted by atomic mass is 9.80. The van der Waals surface area contributed by atoms with Crippen molar-refractivity contribution in [1.29, 1.82) is 0 Å². The van der Waals surface area contributed by atoms with E-state index in [-0.39, 0.29) is 11.3 Å². The van der Waals surface area contributed by atoms with Crippen LogP contribution in [0, 0.1) is 11.3 Å². The molecule has 3 heterocycles. The van der Waals surface area contributed by atoms with Crippen molar-refractivity contribution in [3.8, 4) is 0 Å². The Morgan fingerprint density at radius 3 is 2.93 bits per heavy atom. The van der Waals surface area contributed by atoms with Gasteiger partial charge in [-0.3, -0.25) is 14.8 Å². The quantitative estimate of drug-likeness (QED) is 0.727. The number of carbonyl (C=O) groups excluding carboxylic acids is 1. The van der Waals surface area contributed by atoms with Crippen molar-refractivity contribution in [3.63, 3.8) is 0 Å². The van der Waals surface area contributed by atoms with E-state index in [1.165, 1.54) is 12.8 Å². The van der Waals surface area contributed by atoms with Crippen molar-refractivity contribution in [2.45, 2.75) is 25.7 Å². The monoisotopic (exact) mass is 387 g/mol. The molecule has 0 unspecified atom stereocenters. The lowest BCUT2D eigenvalue weighted by Crippen LogP contribution is -2.37. The summed E-state index contributed by atoms with van der Waals surface area (Å²) in [6.45, 7) is 2.52. The molecule has 2 aromatic heterocycles. The summed E-state index contributed by atoms with van der Waals surface area (Å²) in [6, 6.07) is 11.8. The van der Waals surface area contributed by atoms with Crippen LogP contribution in [-0.4, -0.2) is 45.4 Å². The third-order valence-electron chi connectivity index (χ3n) is 6.54. The standard InChI is InChI=1S/C23H25N5O/c29-22(11-17-5-4-10-24-12-17)28-14-18-6-3-9-23(18,16-28)15-26-21-13-25-19-7-1-2-8-20(19)27-21/h1-2,4-5,7-8,10,12-13,18H,3,6,9,11,14-16H2,(H,26,27)/t18-,23-/m0/s1. The highest BCUT2D eigenvalue weighted by Gasteiger charge is 2.50. The molecule has 1 amide bonds. The van der Waals surface area contributed by atoms with E-state index < -0.39 is 0 Å². The van der Waals surface area contributed by atoms with E-state index in [0.29, 0.717) is 12.3 Å². The number of pyridine rings is 1. The molecule has 1 aliphatic carbocycles. The van der Waals surface area contributed by atoms with Crippen LogP contribution >= 0.6 is 0 Å². The maximum atomic E-state index is 12.9. The summed E-state index contributed by atoms with van der Waals surface area (Å²) in [5.74, 6) is 1.57. The van der Waals surface area contributed by atoms with Crippen molar-refractivity contribution in [1.82, 2.24) is 19.9 Å². The number of anilines is 1. The van der Waals surface area contributed by atoms with Gasteiger partial charge in [0.15, 0.2) is 0 Å². The van der Waals surface area contributed by atoms with E-state index in [4.69, 9.17) is 4.98 Å². The van der Waals surface area contributed by atoms with Gasteiger partial charge in [-0.2, -0.15) is 0 Å². The van der Waals surface area contributed by atoms with Crippen LogP contribution in [0.2, 0.25) is 0 Å². The van der Waals surface area contributed by atoms with Crippen molar-refractivity contribution < 1.29 is 4.79 Å². The van der Waals surface area contributed by atoms with Crippen LogP contribution in [0.5, 0.6) is 0 Å². The molecule has 3 aromatic rings. The molecule has 1 aromatic carbocycles. The summed E-state index contributed by atoms with van der Waals surface area (Å²) in [6.07, 6.45) is 9.35. The number of aromatic nitrogens is 3. The van der Waals surface area contributed by atoms with E-state index in [2.05, 4.69) is 20.2 Å². The first kappa shape index (κ1) is 18.0. The molecule has 29 heavy (non-hydrogen) atoms. The fourth-order valence-electron chi connectivity index (χ4n) is 4.99. The first-order valence-corrected chi connectivity index (χ1v) is 10.3. The van der Waals surface area contributed by atoms with Gasteiger partial charge < -0.3 is 10.2 Å². The molecule has 0 radical (unpaired) electrons. The number of amides is 1. The predicted octanol–water partition coefficient (Wildman–Crippen LogP) is 3.31. The average molecular weight is 387 g/mol. The number of nitrogens with one attached hydrogen (secondary N) is 1. The zero-order chi connectivity index (χ0) is 19.7. The Kier molecular flexibility index (Phi) is 4.62. The fourth-order valence-corrected chi connectivity index (χ4v) is 4.99. The minimum Gasteiger partial charge on any atom is -0.368 e. The molecular weight excluding hydrogens is 362 g/mol. The van der Waals surface area contributed by atoms with Crippen molar-refractivity contribution in [2.24, 2.45) is 11.3 Å². The van der Waals surface area contributed by atoms with Gasteiger partial charge in [0.25, 0.3) is 0 Å². The van der Waals surface area contributed by atoms with Crippen molar-refractivity contribution in [2.75, 3.05) is 25.0 Å². The van der Waals surface area contributed by atoms with E-state index in [0.717, 1.165) is 48.5 Å². The first-order chi connectivity index (χ1) is 14.2. The molecule has 0 spiro atoms. The molecule has 6 nitrogen and oxygen atoms in total. The summed E-state index contributed by atoms with van der Waals surface area (Å²) in [7, 11) is 0. The average Bonchev–Trinajstić information content (AvgIpc) is 3.30. The van der Waals surface area contributed by atoms with Crippen LogP contribution in [0.25, 0.3) is 11.0 Å². The maximum absolute atomic E-state index is 12.9. The largest absolute Gasteiger partial charge is 0.368 e. The number of fused-ring (bicyclic) bond motifs is 2. The number of carbonyl (C=O) groups is 1. The normalized spacial score (nSPS) is 23.3. The Morgan fingerprint density at radius 1 is 1.17 bits per heavy atom. The van der Waals surface area contributed by atoms with Gasteiger partial charge in [-0.15, -0.1) is 0 Å². The zero-order valence-corrected chi connectivity index (χ0v) is 16.4. The first-order valence-electron chi connectivity index (χ1n) is 10.3. The van der Waals surface area contributed by atoms with Gasteiger partial charge in [0, 0.05) is 37.4 Å². The third-order valence-corrected chi connectivity index (χ3v) is 6.54.